The van der Waals surface area contributed by atoms with E-state index in [1.165, 1.54) is 214 Å². The minimum atomic E-state index is 0.204. The van der Waals surface area contributed by atoms with Gasteiger partial charge in [0, 0.05) is 93.5 Å². The van der Waals surface area contributed by atoms with Crippen molar-refractivity contribution in [3.63, 3.8) is 0 Å². The van der Waals surface area contributed by atoms with Crippen molar-refractivity contribution >= 4 is 180 Å². The van der Waals surface area contributed by atoms with Gasteiger partial charge >= 0.3 is 0 Å². The number of aromatic nitrogens is 4. The fourth-order valence-electron chi connectivity index (χ4n) is 21.5. The molecule has 8 heterocycles. The molecule has 0 spiro atoms. The van der Waals surface area contributed by atoms with E-state index in [2.05, 4.69) is 480 Å². The minimum absolute atomic E-state index is 0.204. The van der Waals surface area contributed by atoms with Gasteiger partial charge in [-0.05, 0) is 126 Å². The SMILES string of the molecule is Cc1cccc2c1c1cccc3c1n2-c1ccccc1B3c1ccccc1.c1ccc(B2c3cc(-c4ccccc4)ccc3-n3c4ccccc4c4cccc2c43)cc1.c1ccc(B2c3ccc(-c4ccccc4)cc3-n3c4ccccc4c4cccc2c43)cc1.c1ccc(B2c3cccc(-c4ccccc4)c3-n3c4ccccc4c4cccc2c43)cc1. The highest BCUT2D eigenvalue weighted by molar-refractivity contribution is 7.00. The predicted molar refractivity (Wildman–Crippen MR) is 529 cm³/mol. The highest BCUT2D eigenvalue weighted by Gasteiger charge is 2.39. The Labute approximate surface area is 716 Å². The van der Waals surface area contributed by atoms with Gasteiger partial charge in [-0.3, -0.25) is 0 Å². The first-order valence-electron chi connectivity index (χ1n) is 43.0. The number of nitrogens with zero attached hydrogens (tertiary/aromatic N) is 4. The van der Waals surface area contributed by atoms with Crippen LogP contribution in [-0.4, -0.2) is 45.1 Å². The van der Waals surface area contributed by atoms with Gasteiger partial charge in [0.25, 0.3) is 0 Å². The molecule has 0 saturated heterocycles. The maximum atomic E-state index is 2.51. The average Bonchev–Trinajstić information content (AvgIpc) is 1.58. The molecular formula is C115H78B4N4. The Morgan fingerprint density at radius 1 is 0.179 bits per heavy atom. The first-order chi connectivity index (χ1) is 61.1. The van der Waals surface area contributed by atoms with Crippen molar-refractivity contribution in [1.29, 1.82) is 0 Å². The van der Waals surface area contributed by atoms with E-state index in [-0.39, 0.29) is 26.9 Å². The maximum Gasteiger partial charge on any atom is 0.246 e. The quantitative estimate of drug-likeness (QED) is 0.142. The Hall–Kier alpha value is -15.4. The van der Waals surface area contributed by atoms with Crippen LogP contribution in [0.2, 0.25) is 0 Å². The Balaban J connectivity index is 0.0000000926. The standard InChI is InChI=1S/3C30H20BN.C25H18BN/c1-3-11-21(12-4-1)23-16-9-18-26-29(23)32-28-20-8-7-15-24(28)25-17-10-19-27(30(25)32)31(26)22-13-5-2-6-14-22;1-3-10-21(11-4-1)22-18-19-26-29(20-22)32-28-17-8-7-14-24(28)25-15-9-16-27(30(25)32)31(26)23-12-5-2-6-13-23;1-3-10-21(11-4-1)22-18-19-29-27(20-22)31(23-12-5-2-6-13-23)26-16-9-15-25-24-14-7-8-17-28(24)32(29)30(25)26;1-17-9-7-16-23-24(17)19-12-8-14-21-25(19)27(23)22-15-6-5-13-20(22)26(21)18-10-3-2-4-11-18/h3*1-20H;2-16H,1H3. The Morgan fingerprint density at radius 2 is 0.496 bits per heavy atom. The molecule has 4 aliphatic heterocycles. The van der Waals surface area contributed by atoms with E-state index in [4.69, 9.17) is 0 Å². The van der Waals surface area contributed by atoms with E-state index in [1.54, 1.807) is 0 Å². The summed E-state index contributed by atoms with van der Waals surface area (Å²) in [6.07, 6.45) is 0. The second kappa shape index (κ2) is 29.6. The van der Waals surface area contributed by atoms with Crippen molar-refractivity contribution in [2.45, 2.75) is 6.92 Å². The summed E-state index contributed by atoms with van der Waals surface area (Å²) in [5, 5.41) is 10.7. The third-order valence-electron chi connectivity index (χ3n) is 26.6. The molecule has 23 aromatic rings. The van der Waals surface area contributed by atoms with Crippen LogP contribution in [0.1, 0.15) is 5.56 Å². The highest BCUT2D eigenvalue weighted by atomic mass is 15.0. The van der Waals surface area contributed by atoms with Crippen molar-refractivity contribution in [2.24, 2.45) is 0 Å². The van der Waals surface area contributed by atoms with Gasteiger partial charge < -0.3 is 18.3 Å². The van der Waals surface area contributed by atoms with Crippen LogP contribution in [-0.2, 0) is 0 Å². The van der Waals surface area contributed by atoms with Crippen LogP contribution in [0.15, 0.2) is 455 Å². The third kappa shape index (κ3) is 11.5. The van der Waals surface area contributed by atoms with Crippen molar-refractivity contribution in [3.05, 3.63) is 461 Å². The van der Waals surface area contributed by atoms with E-state index in [0.29, 0.717) is 0 Å². The Morgan fingerprint density at radius 3 is 1.01 bits per heavy atom. The zero-order valence-corrected chi connectivity index (χ0v) is 67.9. The summed E-state index contributed by atoms with van der Waals surface area (Å²) >= 11 is 0. The number of rotatable bonds is 7. The monoisotopic (exact) mass is 1560 g/mol. The number of hydrogen-bond acceptors (Lipinski definition) is 0. The van der Waals surface area contributed by atoms with Crippen molar-refractivity contribution in [1.82, 2.24) is 18.3 Å². The number of fused-ring (bicyclic) bond motifs is 20. The lowest BCUT2D eigenvalue weighted by molar-refractivity contribution is 1.19. The molecule has 0 atom stereocenters. The van der Waals surface area contributed by atoms with Crippen LogP contribution >= 0.6 is 0 Å². The van der Waals surface area contributed by atoms with Crippen LogP contribution in [0.25, 0.3) is 143 Å². The molecule has 0 aliphatic carbocycles. The van der Waals surface area contributed by atoms with Gasteiger partial charge in [-0.2, -0.15) is 0 Å². The van der Waals surface area contributed by atoms with Crippen molar-refractivity contribution in [2.75, 3.05) is 0 Å². The van der Waals surface area contributed by atoms with Crippen LogP contribution in [0, 0.1) is 6.92 Å². The molecule has 19 aromatic carbocycles. The van der Waals surface area contributed by atoms with Crippen molar-refractivity contribution < 1.29 is 0 Å². The molecule has 0 saturated carbocycles. The molecule has 8 heteroatoms. The largest absolute Gasteiger partial charge is 0.310 e. The zero-order chi connectivity index (χ0) is 81.2. The smallest absolute Gasteiger partial charge is 0.246 e. The molecule has 4 aliphatic rings. The zero-order valence-electron chi connectivity index (χ0n) is 67.9. The molecular weight excluding hydrogens is 1480 g/mol. The van der Waals surface area contributed by atoms with E-state index < -0.39 is 0 Å². The van der Waals surface area contributed by atoms with Gasteiger partial charge in [0.2, 0.25) is 26.9 Å². The minimum Gasteiger partial charge on any atom is -0.310 e. The van der Waals surface area contributed by atoms with E-state index in [0.717, 1.165) is 0 Å². The molecule has 0 fully saturated rings. The summed E-state index contributed by atoms with van der Waals surface area (Å²) in [6, 6.07) is 166. The first-order valence-corrected chi connectivity index (χ1v) is 43.0. The van der Waals surface area contributed by atoms with Gasteiger partial charge in [0.05, 0.1) is 22.1 Å². The number of aryl methyl sites for hydroxylation is 1. The van der Waals surface area contributed by atoms with Crippen LogP contribution in [0.3, 0.4) is 0 Å². The third-order valence-corrected chi connectivity index (χ3v) is 26.6. The second-order valence-electron chi connectivity index (χ2n) is 33.2. The molecule has 0 unspecified atom stereocenters. The summed E-state index contributed by atoms with van der Waals surface area (Å²) in [6.45, 7) is 3.11. The lowest BCUT2D eigenvalue weighted by Gasteiger charge is -2.29. The number of para-hydroxylation sites is 9. The normalized spacial score (nSPS) is 12.4. The summed E-state index contributed by atoms with van der Waals surface area (Å²) in [7, 11) is 0. The Bertz CT molecular complexity index is 8040. The van der Waals surface area contributed by atoms with Crippen LogP contribution in [0.5, 0.6) is 0 Å². The predicted octanol–water partition coefficient (Wildman–Crippen LogP) is 19.8. The first kappa shape index (κ1) is 71.7. The van der Waals surface area contributed by atoms with Gasteiger partial charge in [-0.25, -0.2) is 0 Å². The topological polar surface area (TPSA) is 19.7 Å². The van der Waals surface area contributed by atoms with E-state index >= 15 is 0 Å². The molecule has 4 nitrogen and oxygen atoms in total. The van der Waals surface area contributed by atoms with Crippen LogP contribution < -0.4 is 65.6 Å². The van der Waals surface area contributed by atoms with Gasteiger partial charge in [0.15, 0.2) is 0 Å². The fourth-order valence-corrected chi connectivity index (χ4v) is 21.5. The average molecular weight is 1560 g/mol. The van der Waals surface area contributed by atoms with Crippen LogP contribution in [0.4, 0.5) is 0 Å². The van der Waals surface area contributed by atoms with Gasteiger partial charge in [-0.15, -0.1) is 0 Å². The van der Waals surface area contributed by atoms with E-state index in [1.807, 2.05) is 0 Å². The molecule has 123 heavy (non-hydrogen) atoms. The lowest BCUT2D eigenvalue weighted by atomic mass is 9.35. The molecule has 0 bridgehead atoms. The molecule has 0 radical (unpaired) electrons. The van der Waals surface area contributed by atoms with E-state index in [9.17, 15) is 0 Å². The molecule has 4 aromatic heterocycles. The second-order valence-corrected chi connectivity index (χ2v) is 33.2. The maximum absolute atomic E-state index is 2.51. The summed E-state index contributed by atoms with van der Waals surface area (Å²) in [5.74, 6) is 0. The molecule has 0 amide bonds. The van der Waals surface area contributed by atoms with Gasteiger partial charge in [0.1, 0.15) is 0 Å². The molecule has 0 N–H and O–H groups in total. The Kier molecular flexibility index (Phi) is 17.2. The number of hydrogen-bond donors (Lipinski definition) is 0. The van der Waals surface area contributed by atoms with Crippen molar-refractivity contribution in [3.8, 4) is 56.1 Å². The molecule has 570 valence electrons. The fraction of sp³-hybridized carbons (Fsp3) is 0.00870. The summed E-state index contributed by atoms with van der Waals surface area (Å²) < 4.78 is 9.95. The summed E-state index contributed by atoms with van der Waals surface area (Å²) in [4.78, 5) is 0. The summed E-state index contributed by atoms with van der Waals surface area (Å²) in [5.41, 5.74) is 40.9. The molecule has 27 rings (SSSR count). The number of benzene rings is 19. The highest BCUT2D eigenvalue weighted by Crippen LogP contribution is 2.41. The lowest BCUT2D eigenvalue weighted by Crippen LogP contribution is -2.56. The van der Waals surface area contributed by atoms with Gasteiger partial charge in [-0.1, -0.05) is 434 Å².